The van der Waals surface area contributed by atoms with Gasteiger partial charge in [-0.3, -0.25) is 4.79 Å². The topological polar surface area (TPSA) is 38.3 Å². The summed E-state index contributed by atoms with van der Waals surface area (Å²) in [5, 5.41) is 3.50. The van der Waals surface area contributed by atoms with Crippen molar-refractivity contribution in [3.63, 3.8) is 0 Å². The van der Waals surface area contributed by atoms with Crippen LogP contribution in [0.2, 0.25) is 0 Å². The number of hydrogen-bond acceptors (Lipinski definition) is 3. The smallest absolute Gasteiger partial charge is 0.163 e. The van der Waals surface area contributed by atoms with Crippen LogP contribution in [0, 0.1) is 0 Å². The van der Waals surface area contributed by atoms with Gasteiger partial charge in [-0.05, 0) is 44.9 Å². The van der Waals surface area contributed by atoms with E-state index in [2.05, 4.69) is 5.32 Å². The molecule has 0 aliphatic carbocycles. The number of carbonyl (C=O) groups is 1. The Balaban J connectivity index is 1.84. The molecule has 1 aromatic rings. The minimum atomic E-state index is 0.0568. The molecule has 1 aliphatic rings. The van der Waals surface area contributed by atoms with Crippen LogP contribution >= 0.6 is 0 Å². The molecule has 1 aliphatic heterocycles. The van der Waals surface area contributed by atoms with E-state index in [1.807, 2.05) is 24.3 Å². The molecule has 18 heavy (non-hydrogen) atoms. The van der Waals surface area contributed by atoms with Gasteiger partial charge in [-0.1, -0.05) is 18.6 Å². The molecule has 98 valence electrons. The lowest BCUT2D eigenvalue weighted by atomic mass is 10.0. The van der Waals surface area contributed by atoms with Crippen LogP contribution in [0.4, 0.5) is 0 Å². The molecule has 0 bridgehead atoms. The number of para-hydroxylation sites is 1. The molecule has 0 spiro atoms. The van der Waals surface area contributed by atoms with E-state index in [4.69, 9.17) is 4.74 Å². The van der Waals surface area contributed by atoms with Gasteiger partial charge in [-0.2, -0.15) is 0 Å². The molecule has 1 aromatic carbocycles. The SMILES string of the molecule is CC(=O)c1ccccc1OCCC1CCCCN1. The van der Waals surface area contributed by atoms with Crippen molar-refractivity contribution in [1.29, 1.82) is 0 Å². The van der Waals surface area contributed by atoms with Crippen molar-refractivity contribution in [1.82, 2.24) is 5.32 Å². The monoisotopic (exact) mass is 247 g/mol. The fourth-order valence-corrected chi connectivity index (χ4v) is 2.36. The predicted molar refractivity (Wildman–Crippen MR) is 72.2 cm³/mol. The third-order valence-electron chi connectivity index (χ3n) is 3.40. The van der Waals surface area contributed by atoms with Crippen molar-refractivity contribution in [2.45, 2.75) is 38.6 Å². The second-order valence-electron chi connectivity index (χ2n) is 4.84. The highest BCUT2D eigenvalue weighted by Crippen LogP contribution is 2.19. The normalized spacial score (nSPS) is 19.5. The van der Waals surface area contributed by atoms with Gasteiger partial charge in [-0.15, -0.1) is 0 Å². The minimum absolute atomic E-state index is 0.0568. The van der Waals surface area contributed by atoms with Gasteiger partial charge < -0.3 is 10.1 Å². The maximum absolute atomic E-state index is 11.4. The Morgan fingerprint density at radius 3 is 2.94 bits per heavy atom. The van der Waals surface area contributed by atoms with Gasteiger partial charge in [0.25, 0.3) is 0 Å². The first-order valence-corrected chi connectivity index (χ1v) is 6.73. The quantitative estimate of drug-likeness (QED) is 0.813. The molecule has 0 radical (unpaired) electrons. The number of ether oxygens (including phenoxy) is 1. The molecular formula is C15H21NO2. The summed E-state index contributed by atoms with van der Waals surface area (Å²) in [7, 11) is 0. The Morgan fingerprint density at radius 1 is 1.39 bits per heavy atom. The molecule has 1 unspecified atom stereocenters. The molecule has 2 rings (SSSR count). The van der Waals surface area contributed by atoms with E-state index < -0.39 is 0 Å². The van der Waals surface area contributed by atoms with Gasteiger partial charge in [0.05, 0.1) is 12.2 Å². The van der Waals surface area contributed by atoms with Crippen LogP contribution in [0.3, 0.4) is 0 Å². The fourth-order valence-electron chi connectivity index (χ4n) is 2.36. The van der Waals surface area contributed by atoms with Crippen molar-refractivity contribution in [2.75, 3.05) is 13.2 Å². The Morgan fingerprint density at radius 2 is 2.22 bits per heavy atom. The van der Waals surface area contributed by atoms with Crippen LogP contribution < -0.4 is 10.1 Å². The highest BCUT2D eigenvalue weighted by molar-refractivity contribution is 5.96. The van der Waals surface area contributed by atoms with Gasteiger partial charge in [0, 0.05) is 6.04 Å². The van der Waals surface area contributed by atoms with Gasteiger partial charge in [0.2, 0.25) is 0 Å². The first-order chi connectivity index (χ1) is 8.77. The van der Waals surface area contributed by atoms with E-state index in [1.165, 1.54) is 19.3 Å². The van der Waals surface area contributed by atoms with Crippen molar-refractivity contribution >= 4 is 5.78 Å². The van der Waals surface area contributed by atoms with Crippen LogP contribution in [0.15, 0.2) is 24.3 Å². The van der Waals surface area contributed by atoms with Crippen molar-refractivity contribution in [3.05, 3.63) is 29.8 Å². The summed E-state index contributed by atoms with van der Waals surface area (Å²) in [5.74, 6) is 0.766. The molecule has 0 saturated carbocycles. The summed E-state index contributed by atoms with van der Waals surface area (Å²) in [6.45, 7) is 3.36. The zero-order valence-electron chi connectivity index (χ0n) is 10.9. The molecular weight excluding hydrogens is 226 g/mol. The van der Waals surface area contributed by atoms with Crippen LogP contribution in [0.25, 0.3) is 0 Å². The van der Waals surface area contributed by atoms with Gasteiger partial charge in [-0.25, -0.2) is 0 Å². The standard InChI is InChI=1S/C15H21NO2/c1-12(17)14-7-2-3-8-15(14)18-11-9-13-6-4-5-10-16-13/h2-3,7-8,13,16H,4-6,9-11H2,1H3. The Bertz CT molecular complexity index is 397. The first kappa shape index (κ1) is 13.1. The summed E-state index contributed by atoms with van der Waals surface area (Å²) in [6, 6.07) is 8.03. The fraction of sp³-hybridized carbons (Fsp3) is 0.533. The summed E-state index contributed by atoms with van der Waals surface area (Å²) in [6.07, 6.45) is 4.83. The van der Waals surface area contributed by atoms with E-state index in [9.17, 15) is 4.79 Å². The maximum Gasteiger partial charge on any atom is 0.163 e. The van der Waals surface area contributed by atoms with E-state index >= 15 is 0 Å². The maximum atomic E-state index is 11.4. The molecule has 1 heterocycles. The highest BCUT2D eigenvalue weighted by Gasteiger charge is 2.13. The number of Topliss-reactive ketones (excluding diaryl/α,β-unsaturated/α-hetero) is 1. The zero-order valence-corrected chi connectivity index (χ0v) is 10.9. The number of nitrogens with one attached hydrogen (secondary N) is 1. The van der Waals surface area contributed by atoms with Crippen molar-refractivity contribution in [3.8, 4) is 5.75 Å². The Labute approximate surface area is 109 Å². The van der Waals surface area contributed by atoms with Gasteiger partial charge >= 0.3 is 0 Å². The number of rotatable bonds is 5. The average Bonchev–Trinajstić information content (AvgIpc) is 2.40. The van der Waals surface area contributed by atoms with Crippen molar-refractivity contribution in [2.24, 2.45) is 0 Å². The van der Waals surface area contributed by atoms with Crippen LogP contribution in [0.5, 0.6) is 5.75 Å². The summed E-state index contributed by atoms with van der Waals surface area (Å²) in [4.78, 5) is 11.4. The summed E-state index contributed by atoms with van der Waals surface area (Å²) in [5.41, 5.74) is 0.675. The predicted octanol–water partition coefficient (Wildman–Crippen LogP) is 2.80. The molecule has 1 atom stereocenters. The van der Waals surface area contributed by atoms with E-state index in [0.717, 1.165) is 13.0 Å². The number of ketones is 1. The molecule has 1 fully saturated rings. The third kappa shape index (κ3) is 3.57. The van der Waals surface area contributed by atoms with Gasteiger partial charge in [0.15, 0.2) is 5.78 Å². The van der Waals surface area contributed by atoms with Gasteiger partial charge in [0.1, 0.15) is 5.75 Å². The van der Waals surface area contributed by atoms with Crippen LogP contribution in [-0.2, 0) is 0 Å². The zero-order chi connectivity index (χ0) is 12.8. The van der Waals surface area contributed by atoms with E-state index in [-0.39, 0.29) is 5.78 Å². The van der Waals surface area contributed by atoms with E-state index in [0.29, 0.717) is 24.0 Å². The molecule has 3 heteroatoms. The second-order valence-corrected chi connectivity index (χ2v) is 4.84. The molecule has 0 amide bonds. The number of piperidine rings is 1. The summed E-state index contributed by atoms with van der Waals surface area (Å²) < 4.78 is 5.74. The Kier molecular flexibility index (Phi) is 4.76. The number of hydrogen-bond donors (Lipinski definition) is 1. The summed E-state index contributed by atoms with van der Waals surface area (Å²) >= 11 is 0. The lowest BCUT2D eigenvalue weighted by molar-refractivity contribution is 0.101. The third-order valence-corrected chi connectivity index (χ3v) is 3.40. The van der Waals surface area contributed by atoms with Crippen molar-refractivity contribution < 1.29 is 9.53 Å². The Hall–Kier alpha value is -1.35. The number of carbonyl (C=O) groups excluding carboxylic acids is 1. The molecule has 3 nitrogen and oxygen atoms in total. The second kappa shape index (κ2) is 6.55. The molecule has 1 saturated heterocycles. The van der Waals surface area contributed by atoms with E-state index in [1.54, 1.807) is 6.92 Å². The first-order valence-electron chi connectivity index (χ1n) is 6.73. The molecule has 0 aromatic heterocycles. The largest absolute Gasteiger partial charge is 0.493 e. The van der Waals surface area contributed by atoms with Crippen LogP contribution in [0.1, 0.15) is 43.0 Å². The lowest BCUT2D eigenvalue weighted by Gasteiger charge is -2.23. The molecule has 1 N–H and O–H groups in total. The number of benzene rings is 1. The van der Waals surface area contributed by atoms with Crippen LogP contribution in [-0.4, -0.2) is 25.0 Å². The highest BCUT2D eigenvalue weighted by atomic mass is 16.5. The minimum Gasteiger partial charge on any atom is -0.493 e. The lowest BCUT2D eigenvalue weighted by Crippen LogP contribution is -2.35. The average molecular weight is 247 g/mol.